The van der Waals surface area contributed by atoms with Gasteiger partial charge in [0.2, 0.25) is 0 Å². The Hall–Kier alpha value is -2.32. The van der Waals surface area contributed by atoms with Crippen LogP contribution in [0.3, 0.4) is 0 Å². The maximum absolute atomic E-state index is 14.2. The first kappa shape index (κ1) is 23.4. The van der Waals surface area contributed by atoms with Crippen LogP contribution in [0.25, 0.3) is 0 Å². The van der Waals surface area contributed by atoms with Crippen LogP contribution in [0.5, 0.6) is 0 Å². The molecule has 6 atom stereocenters. The molecule has 2 heterocycles. The molecule has 2 aliphatic heterocycles. The number of aliphatic hydroxyl groups is 1. The van der Waals surface area contributed by atoms with Crippen molar-refractivity contribution in [2.24, 2.45) is 22.2 Å². The van der Waals surface area contributed by atoms with Gasteiger partial charge in [-0.15, -0.1) is 0 Å². The number of fused-ring (bicyclic) bond motifs is 3. The van der Waals surface area contributed by atoms with Gasteiger partial charge in [-0.3, -0.25) is 19.2 Å². The van der Waals surface area contributed by atoms with Crippen LogP contribution >= 0.6 is 0 Å². The molecule has 5 rings (SSSR count). The maximum atomic E-state index is 14.2. The molecule has 8 heteroatoms. The van der Waals surface area contributed by atoms with Crippen molar-refractivity contribution in [2.45, 2.75) is 77.6 Å². The van der Waals surface area contributed by atoms with E-state index in [9.17, 15) is 24.3 Å². The first-order valence-electron chi connectivity index (χ1n) is 11.8. The first-order chi connectivity index (χ1) is 15.6. The van der Waals surface area contributed by atoms with Gasteiger partial charge in [0.25, 0.3) is 0 Å². The van der Waals surface area contributed by atoms with E-state index in [4.69, 9.17) is 14.2 Å². The number of methoxy groups -OCH3 is 1. The largest absolute Gasteiger partial charge is 0.468 e. The minimum atomic E-state index is -2.36. The second-order valence-electron chi connectivity index (χ2n) is 11.7. The highest BCUT2D eigenvalue weighted by atomic mass is 16.6. The van der Waals surface area contributed by atoms with Crippen LogP contribution < -0.4 is 0 Å². The number of allylic oxidation sites excluding steroid dienone is 2. The fourth-order valence-electron chi connectivity index (χ4n) is 8.06. The molecule has 2 saturated heterocycles. The highest BCUT2D eigenvalue weighted by Crippen LogP contribution is 2.77. The van der Waals surface area contributed by atoms with E-state index in [1.807, 2.05) is 33.8 Å². The highest BCUT2D eigenvalue weighted by Gasteiger charge is 2.91. The lowest BCUT2D eigenvalue weighted by atomic mass is 9.34. The van der Waals surface area contributed by atoms with E-state index in [-0.39, 0.29) is 31.8 Å². The minimum Gasteiger partial charge on any atom is -0.468 e. The Morgan fingerprint density at radius 2 is 1.74 bits per heavy atom. The molecule has 2 saturated carbocycles. The zero-order valence-corrected chi connectivity index (χ0v) is 20.8. The van der Waals surface area contributed by atoms with Crippen molar-refractivity contribution >= 4 is 23.5 Å². The monoisotopic (exact) mass is 472 g/mol. The van der Waals surface area contributed by atoms with Gasteiger partial charge in [-0.2, -0.15) is 0 Å². The maximum Gasteiger partial charge on any atom is 0.323 e. The molecule has 0 aromatic rings. The van der Waals surface area contributed by atoms with Crippen LogP contribution in [-0.2, 0) is 33.4 Å². The van der Waals surface area contributed by atoms with Crippen molar-refractivity contribution < 1.29 is 38.5 Å². The number of ether oxygens (including phenoxy) is 3. The van der Waals surface area contributed by atoms with Crippen molar-refractivity contribution in [1.82, 2.24) is 0 Å². The van der Waals surface area contributed by atoms with Crippen LogP contribution in [0, 0.1) is 22.2 Å². The Morgan fingerprint density at radius 1 is 1.12 bits per heavy atom. The van der Waals surface area contributed by atoms with E-state index in [2.05, 4.69) is 0 Å². The number of carbonyl (C=O) groups is 4. The van der Waals surface area contributed by atoms with Crippen LogP contribution in [0.2, 0.25) is 0 Å². The zero-order chi connectivity index (χ0) is 25.3. The lowest BCUT2D eigenvalue weighted by Gasteiger charge is -2.65. The topological polar surface area (TPSA) is 120 Å². The third kappa shape index (κ3) is 2.19. The Kier molecular flexibility index (Phi) is 4.32. The normalized spacial score (nSPS) is 46.8. The van der Waals surface area contributed by atoms with E-state index < -0.39 is 56.5 Å². The summed E-state index contributed by atoms with van der Waals surface area (Å²) in [6.07, 6.45) is 2.58. The Morgan fingerprint density at radius 3 is 2.29 bits per heavy atom. The smallest absolute Gasteiger partial charge is 0.323 e. The molecule has 0 amide bonds. The molecule has 5 aliphatic rings. The van der Waals surface area contributed by atoms with Crippen molar-refractivity contribution in [1.29, 1.82) is 0 Å². The number of cyclic esters (lactones) is 1. The number of esters is 2. The molecule has 0 aromatic carbocycles. The second-order valence-corrected chi connectivity index (χ2v) is 11.7. The minimum absolute atomic E-state index is 0.0494. The fraction of sp³-hybridized carbons (Fsp3) is 0.692. The number of hydrogen-bond donors (Lipinski definition) is 1. The number of epoxide rings is 1. The van der Waals surface area contributed by atoms with Crippen LogP contribution in [0.4, 0.5) is 0 Å². The average molecular weight is 473 g/mol. The summed E-state index contributed by atoms with van der Waals surface area (Å²) in [6.45, 7) is 10.3. The van der Waals surface area contributed by atoms with Crippen LogP contribution in [0.15, 0.2) is 22.8 Å². The van der Waals surface area contributed by atoms with Crippen LogP contribution in [-0.4, -0.2) is 59.1 Å². The molecule has 8 nitrogen and oxygen atoms in total. The van der Waals surface area contributed by atoms with E-state index in [1.165, 1.54) is 14.0 Å². The third-order valence-corrected chi connectivity index (χ3v) is 9.78. The summed E-state index contributed by atoms with van der Waals surface area (Å²) in [5.74, 6) is -3.06. The van der Waals surface area contributed by atoms with Gasteiger partial charge in [0.1, 0.15) is 11.2 Å². The van der Waals surface area contributed by atoms with Crippen molar-refractivity contribution in [3.05, 3.63) is 22.8 Å². The summed E-state index contributed by atoms with van der Waals surface area (Å²) in [5.41, 5.74) is -6.41. The van der Waals surface area contributed by atoms with Gasteiger partial charge < -0.3 is 19.3 Å². The van der Waals surface area contributed by atoms with Gasteiger partial charge in [-0.05, 0) is 64.5 Å². The summed E-state index contributed by atoms with van der Waals surface area (Å²) in [4.78, 5) is 54.2. The molecule has 184 valence electrons. The lowest BCUT2D eigenvalue weighted by Crippen LogP contribution is -2.81. The average Bonchev–Trinajstić information content (AvgIpc) is 3.55. The van der Waals surface area contributed by atoms with Gasteiger partial charge in [-0.1, -0.05) is 18.6 Å². The number of ketones is 2. The SMILES string of the molecule is COC(=O)[C@]12C(=O)[C@@](C)(O)C(=O)[C@](C)(C[C@H]3C(C)=C4CC(=O)OC(C)(C)C4=CC[C@@]31C)[C@]21CO1. The molecule has 3 aliphatic carbocycles. The molecule has 34 heavy (non-hydrogen) atoms. The molecule has 1 N–H and O–H groups in total. The van der Waals surface area contributed by atoms with E-state index in [0.29, 0.717) is 0 Å². The Balaban J connectivity index is 1.87. The molecule has 0 radical (unpaired) electrons. The van der Waals surface area contributed by atoms with Crippen molar-refractivity contribution in [3.8, 4) is 0 Å². The number of rotatable bonds is 1. The van der Waals surface area contributed by atoms with Gasteiger partial charge in [0, 0.05) is 5.41 Å². The van der Waals surface area contributed by atoms with Gasteiger partial charge in [-0.25, -0.2) is 0 Å². The summed E-state index contributed by atoms with van der Waals surface area (Å²) in [5, 5.41) is 11.3. The van der Waals surface area contributed by atoms with Gasteiger partial charge in [0.05, 0.1) is 25.6 Å². The zero-order valence-electron chi connectivity index (χ0n) is 20.8. The Bertz CT molecular complexity index is 1140. The fourth-order valence-corrected chi connectivity index (χ4v) is 8.06. The molecule has 0 unspecified atom stereocenters. The predicted molar refractivity (Wildman–Crippen MR) is 118 cm³/mol. The van der Waals surface area contributed by atoms with Crippen LogP contribution in [0.1, 0.15) is 60.8 Å². The van der Waals surface area contributed by atoms with E-state index in [0.717, 1.165) is 16.7 Å². The third-order valence-electron chi connectivity index (χ3n) is 9.78. The molecule has 2 bridgehead atoms. The molecule has 0 aromatic heterocycles. The molecular weight excluding hydrogens is 440 g/mol. The summed E-state index contributed by atoms with van der Waals surface area (Å²) < 4.78 is 16.9. The quantitative estimate of drug-likeness (QED) is 0.351. The number of carbonyl (C=O) groups excluding carboxylic acids is 4. The Labute approximate surface area is 198 Å². The van der Waals surface area contributed by atoms with E-state index in [1.54, 1.807) is 6.92 Å². The second kappa shape index (κ2) is 6.26. The number of Topliss-reactive ketones (excluding diaryl/α,β-unsaturated/α-hetero) is 2. The number of hydrogen-bond acceptors (Lipinski definition) is 8. The molecular formula is C26H32O8. The predicted octanol–water partition coefficient (Wildman–Crippen LogP) is 2.22. The molecule has 1 spiro atoms. The lowest BCUT2D eigenvalue weighted by molar-refractivity contribution is -0.225. The summed E-state index contributed by atoms with van der Waals surface area (Å²) in [6, 6.07) is 0. The molecule has 4 fully saturated rings. The van der Waals surface area contributed by atoms with Gasteiger partial charge >= 0.3 is 11.9 Å². The van der Waals surface area contributed by atoms with Crippen molar-refractivity contribution in [3.63, 3.8) is 0 Å². The van der Waals surface area contributed by atoms with Gasteiger partial charge in [0.15, 0.2) is 22.6 Å². The summed E-state index contributed by atoms with van der Waals surface area (Å²) in [7, 11) is 1.21. The van der Waals surface area contributed by atoms with Crippen molar-refractivity contribution in [2.75, 3.05) is 13.7 Å². The standard InChI is InChI=1S/C26H32O8/c1-13-14-10-17(27)34-21(2,3)15(14)8-9-22(4)16(13)11-23(5)18(28)24(6,31)19(29)26(22,20(30)32-7)25(23)12-33-25/h8,16,31H,9-12H2,1-7H3/t16-,22-,23-,24-,25+,26+/m0/s1. The first-order valence-corrected chi connectivity index (χ1v) is 11.8. The summed E-state index contributed by atoms with van der Waals surface area (Å²) >= 11 is 0. The highest BCUT2D eigenvalue weighted by molar-refractivity contribution is 6.25. The van der Waals surface area contributed by atoms with E-state index >= 15 is 0 Å².